The number of carboxylic acids is 1. The highest BCUT2D eigenvalue weighted by atomic mass is 32.1. The number of nitrogens with two attached hydrogens (primary N) is 1. The summed E-state index contributed by atoms with van der Waals surface area (Å²) in [4.78, 5) is 14.3. The maximum absolute atomic E-state index is 10.2. The molecule has 0 aliphatic carbocycles. The standard InChI is InChI=1S/C7H10N2O2S/c8-3-6-9-5(4-12-6)1-2-7(10)11/h4H,1-3,8H2,(H,10,11). The molecule has 0 saturated heterocycles. The highest BCUT2D eigenvalue weighted by molar-refractivity contribution is 7.09. The summed E-state index contributed by atoms with van der Waals surface area (Å²) in [5, 5.41) is 11.1. The molecular formula is C7H10N2O2S. The van der Waals surface area contributed by atoms with Gasteiger partial charge in [0.25, 0.3) is 0 Å². The molecule has 1 heterocycles. The Balaban J connectivity index is 2.47. The van der Waals surface area contributed by atoms with Crippen LogP contribution in [-0.2, 0) is 17.8 Å². The Bertz CT molecular complexity index is 272. The molecule has 3 N–H and O–H groups in total. The van der Waals surface area contributed by atoms with Crippen LogP contribution >= 0.6 is 11.3 Å². The Morgan fingerprint density at radius 3 is 3.00 bits per heavy atom. The number of carboxylic acid groups (broad SMARTS) is 1. The minimum absolute atomic E-state index is 0.133. The van der Waals surface area contributed by atoms with E-state index in [4.69, 9.17) is 10.8 Å². The van der Waals surface area contributed by atoms with E-state index in [-0.39, 0.29) is 6.42 Å². The van der Waals surface area contributed by atoms with Gasteiger partial charge in [0.15, 0.2) is 0 Å². The molecule has 1 aromatic heterocycles. The third-order valence-electron chi connectivity index (χ3n) is 1.37. The van der Waals surface area contributed by atoms with E-state index in [1.54, 1.807) is 0 Å². The SMILES string of the molecule is NCc1nc(CCC(=O)O)cs1. The van der Waals surface area contributed by atoms with E-state index in [0.29, 0.717) is 13.0 Å². The smallest absolute Gasteiger partial charge is 0.303 e. The Morgan fingerprint density at radius 1 is 1.75 bits per heavy atom. The number of hydrogen-bond acceptors (Lipinski definition) is 4. The van der Waals surface area contributed by atoms with Gasteiger partial charge < -0.3 is 10.8 Å². The normalized spacial score (nSPS) is 10.1. The van der Waals surface area contributed by atoms with Crippen LogP contribution < -0.4 is 5.73 Å². The minimum Gasteiger partial charge on any atom is -0.481 e. The number of aliphatic carboxylic acids is 1. The highest BCUT2D eigenvalue weighted by Gasteiger charge is 2.02. The summed E-state index contributed by atoms with van der Waals surface area (Å²) in [5.74, 6) is -0.794. The third-order valence-corrected chi connectivity index (χ3v) is 2.29. The molecule has 1 rings (SSSR count). The molecule has 0 radical (unpaired) electrons. The van der Waals surface area contributed by atoms with Crippen molar-refractivity contribution < 1.29 is 9.90 Å². The third kappa shape index (κ3) is 2.60. The summed E-state index contributed by atoms with van der Waals surface area (Å²) in [6.45, 7) is 0.428. The zero-order chi connectivity index (χ0) is 8.97. The van der Waals surface area contributed by atoms with Crippen LogP contribution in [-0.4, -0.2) is 16.1 Å². The zero-order valence-electron chi connectivity index (χ0n) is 6.49. The van der Waals surface area contributed by atoms with Crippen molar-refractivity contribution in [2.75, 3.05) is 0 Å². The predicted molar refractivity (Wildman–Crippen MR) is 46.0 cm³/mol. The van der Waals surface area contributed by atoms with E-state index >= 15 is 0 Å². The summed E-state index contributed by atoms with van der Waals surface area (Å²) in [6, 6.07) is 0. The molecule has 0 bridgehead atoms. The lowest BCUT2D eigenvalue weighted by atomic mass is 10.2. The van der Waals surface area contributed by atoms with Gasteiger partial charge in [0.1, 0.15) is 5.01 Å². The maximum Gasteiger partial charge on any atom is 0.303 e. The molecular weight excluding hydrogens is 176 g/mol. The number of aryl methyl sites for hydroxylation is 1. The average Bonchev–Trinajstić information content (AvgIpc) is 2.48. The number of thiazole rings is 1. The van der Waals surface area contributed by atoms with Crippen LogP contribution in [0.3, 0.4) is 0 Å². The fourth-order valence-corrected chi connectivity index (χ4v) is 1.50. The molecule has 0 saturated carbocycles. The van der Waals surface area contributed by atoms with Gasteiger partial charge in [0, 0.05) is 18.3 Å². The van der Waals surface area contributed by atoms with E-state index < -0.39 is 5.97 Å². The number of hydrogen-bond donors (Lipinski definition) is 2. The number of rotatable bonds is 4. The van der Waals surface area contributed by atoms with Crippen molar-refractivity contribution >= 4 is 17.3 Å². The molecule has 4 nitrogen and oxygen atoms in total. The molecule has 0 atom stereocenters. The van der Waals surface area contributed by atoms with Crippen molar-refractivity contribution in [1.29, 1.82) is 0 Å². The molecule has 0 spiro atoms. The first kappa shape index (κ1) is 9.15. The molecule has 0 aliphatic rings. The Morgan fingerprint density at radius 2 is 2.50 bits per heavy atom. The summed E-state index contributed by atoms with van der Waals surface area (Å²) < 4.78 is 0. The van der Waals surface area contributed by atoms with Crippen LogP contribution in [0.2, 0.25) is 0 Å². The van der Waals surface area contributed by atoms with E-state index in [1.165, 1.54) is 11.3 Å². The van der Waals surface area contributed by atoms with Gasteiger partial charge in [-0.05, 0) is 0 Å². The lowest BCUT2D eigenvalue weighted by molar-refractivity contribution is -0.136. The van der Waals surface area contributed by atoms with E-state index in [1.807, 2.05) is 5.38 Å². The number of carbonyl (C=O) groups is 1. The summed E-state index contributed by atoms with van der Waals surface area (Å²) >= 11 is 1.47. The second-order valence-electron chi connectivity index (χ2n) is 2.33. The van der Waals surface area contributed by atoms with Crippen LogP contribution in [0, 0.1) is 0 Å². The molecule has 5 heteroatoms. The molecule has 0 aromatic carbocycles. The van der Waals surface area contributed by atoms with E-state index in [0.717, 1.165) is 10.7 Å². The minimum atomic E-state index is -0.794. The molecule has 1 aromatic rings. The topological polar surface area (TPSA) is 76.2 Å². The lowest BCUT2D eigenvalue weighted by Gasteiger charge is -1.90. The van der Waals surface area contributed by atoms with Gasteiger partial charge in [-0.25, -0.2) is 4.98 Å². The zero-order valence-corrected chi connectivity index (χ0v) is 7.30. The maximum atomic E-state index is 10.2. The van der Waals surface area contributed by atoms with Crippen LogP contribution in [0.15, 0.2) is 5.38 Å². The van der Waals surface area contributed by atoms with E-state index in [9.17, 15) is 4.79 Å². The van der Waals surface area contributed by atoms with Gasteiger partial charge in [0.2, 0.25) is 0 Å². The average molecular weight is 186 g/mol. The number of nitrogens with zero attached hydrogens (tertiary/aromatic N) is 1. The molecule has 0 fully saturated rings. The largest absolute Gasteiger partial charge is 0.481 e. The van der Waals surface area contributed by atoms with Crippen molar-refractivity contribution in [3.8, 4) is 0 Å². The van der Waals surface area contributed by atoms with Crippen molar-refractivity contribution in [1.82, 2.24) is 4.98 Å². The van der Waals surface area contributed by atoms with Crippen molar-refractivity contribution in [2.45, 2.75) is 19.4 Å². The van der Waals surface area contributed by atoms with Crippen LogP contribution in [0.5, 0.6) is 0 Å². The monoisotopic (exact) mass is 186 g/mol. The van der Waals surface area contributed by atoms with Gasteiger partial charge in [-0.15, -0.1) is 11.3 Å². The molecule has 66 valence electrons. The van der Waals surface area contributed by atoms with Crippen molar-refractivity contribution in [3.05, 3.63) is 16.1 Å². The molecule has 0 amide bonds. The predicted octanol–water partition coefficient (Wildman–Crippen LogP) is 0.619. The Labute approximate surface area is 74.0 Å². The van der Waals surface area contributed by atoms with Gasteiger partial charge in [-0.1, -0.05) is 0 Å². The highest BCUT2D eigenvalue weighted by Crippen LogP contribution is 2.10. The van der Waals surface area contributed by atoms with Crippen molar-refractivity contribution in [2.24, 2.45) is 5.73 Å². The first-order chi connectivity index (χ1) is 5.72. The summed E-state index contributed by atoms with van der Waals surface area (Å²) in [6.07, 6.45) is 0.625. The van der Waals surface area contributed by atoms with Crippen LogP contribution in [0.1, 0.15) is 17.1 Å². The second kappa shape index (κ2) is 4.18. The van der Waals surface area contributed by atoms with Gasteiger partial charge in [0.05, 0.1) is 12.1 Å². The molecule has 0 unspecified atom stereocenters. The second-order valence-corrected chi connectivity index (χ2v) is 3.27. The van der Waals surface area contributed by atoms with Crippen LogP contribution in [0.25, 0.3) is 0 Å². The lowest BCUT2D eigenvalue weighted by Crippen LogP contribution is -1.99. The van der Waals surface area contributed by atoms with Gasteiger partial charge in [-0.2, -0.15) is 0 Å². The van der Waals surface area contributed by atoms with E-state index in [2.05, 4.69) is 4.98 Å². The Hall–Kier alpha value is -0.940. The fraction of sp³-hybridized carbons (Fsp3) is 0.429. The van der Waals surface area contributed by atoms with Crippen LogP contribution in [0.4, 0.5) is 0 Å². The number of aromatic nitrogens is 1. The van der Waals surface area contributed by atoms with Gasteiger partial charge >= 0.3 is 5.97 Å². The van der Waals surface area contributed by atoms with Crippen molar-refractivity contribution in [3.63, 3.8) is 0 Å². The van der Waals surface area contributed by atoms with Gasteiger partial charge in [-0.3, -0.25) is 4.79 Å². The quantitative estimate of drug-likeness (QED) is 0.722. The summed E-state index contributed by atoms with van der Waals surface area (Å²) in [5.41, 5.74) is 6.17. The first-order valence-corrected chi connectivity index (χ1v) is 4.45. The Kier molecular flexibility index (Phi) is 3.19. The molecule has 0 aliphatic heterocycles. The first-order valence-electron chi connectivity index (χ1n) is 3.57. The summed E-state index contributed by atoms with van der Waals surface area (Å²) in [7, 11) is 0. The molecule has 12 heavy (non-hydrogen) atoms. The fourth-order valence-electron chi connectivity index (χ4n) is 0.793.